The number of sulfonamides is 2. The molecule has 0 amide bonds. The first-order chi connectivity index (χ1) is 10.5. The fourth-order valence-electron chi connectivity index (χ4n) is 1.47. The molecule has 0 spiro atoms. The van der Waals surface area contributed by atoms with Gasteiger partial charge in [-0.2, -0.15) is 8.42 Å². The summed E-state index contributed by atoms with van der Waals surface area (Å²) in [6, 6.07) is 4.61. The number of carboxylic acids is 1. The molecule has 1 aromatic carbocycles. The van der Waals surface area contributed by atoms with E-state index in [0.717, 1.165) is 10.7 Å². The SMILES string of the molecule is Cn1nc(S(N)(=O)=O)sc1=NS(=O)(=O)c1cccc(C(=O)O)c1. The Hall–Kier alpha value is -2.09. The van der Waals surface area contributed by atoms with Gasteiger partial charge in [-0.25, -0.2) is 23.0 Å². The maximum Gasteiger partial charge on any atom is 0.335 e. The zero-order chi connectivity index (χ0) is 17.4. The molecular formula is C10H10N4O6S3. The molecule has 0 atom stereocenters. The largest absolute Gasteiger partial charge is 0.478 e. The number of primary sulfonamides is 1. The van der Waals surface area contributed by atoms with Crippen molar-refractivity contribution in [2.75, 3.05) is 0 Å². The molecular weight excluding hydrogens is 368 g/mol. The van der Waals surface area contributed by atoms with Crippen LogP contribution in [0.15, 0.2) is 37.9 Å². The van der Waals surface area contributed by atoms with Crippen LogP contribution in [-0.2, 0) is 27.1 Å². The first kappa shape index (κ1) is 17.3. The molecule has 0 aliphatic carbocycles. The number of rotatable bonds is 4. The van der Waals surface area contributed by atoms with Crippen molar-refractivity contribution < 1.29 is 26.7 Å². The predicted octanol–water partition coefficient (Wildman–Crippen LogP) is -0.883. The van der Waals surface area contributed by atoms with Crippen LogP contribution in [0.5, 0.6) is 0 Å². The maximum absolute atomic E-state index is 12.2. The second-order valence-corrected chi connectivity index (χ2v) is 8.51. The summed E-state index contributed by atoms with van der Waals surface area (Å²) in [6.07, 6.45) is 0. The Morgan fingerprint density at radius 2 is 2.00 bits per heavy atom. The summed E-state index contributed by atoms with van der Waals surface area (Å²) >= 11 is 0.475. The summed E-state index contributed by atoms with van der Waals surface area (Å²) < 4.78 is 50.8. The van der Waals surface area contributed by atoms with Crippen LogP contribution in [0.2, 0.25) is 0 Å². The average molecular weight is 378 g/mol. The van der Waals surface area contributed by atoms with Gasteiger partial charge in [0, 0.05) is 7.05 Å². The van der Waals surface area contributed by atoms with E-state index >= 15 is 0 Å². The highest BCUT2D eigenvalue weighted by Gasteiger charge is 2.18. The van der Waals surface area contributed by atoms with E-state index < -0.39 is 30.4 Å². The third-order valence-corrected chi connectivity index (χ3v) is 6.20. The van der Waals surface area contributed by atoms with Crippen LogP contribution in [0.1, 0.15) is 10.4 Å². The quantitative estimate of drug-likeness (QED) is 0.697. The fraction of sp³-hybridized carbons (Fsp3) is 0.100. The van der Waals surface area contributed by atoms with E-state index in [1.165, 1.54) is 25.2 Å². The Balaban J connectivity index is 2.60. The molecule has 0 aliphatic rings. The van der Waals surface area contributed by atoms with Gasteiger partial charge in [-0.3, -0.25) is 0 Å². The molecule has 0 aliphatic heterocycles. The van der Waals surface area contributed by atoms with Gasteiger partial charge in [-0.15, -0.1) is 9.50 Å². The van der Waals surface area contributed by atoms with Crippen molar-refractivity contribution in [3.8, 4) is 0 Å². The second kappa shape index (κ2) is 5.84. The molecule has 1 heterocycles. The molecule has 0 radical (unpaired) electrons. The van der Waals surface area contributed by atoms with E-state index in [9.17, 15) is 21.6 Å². The van der Waals surface area contributed by atoms with Crippen LogP contribution < -0.4 is 9.94 Å². The minimum Gasteiger partial charge on any atom is -0.478 e. The Bertz CT molecular complexity index is 1050. The number of nitrogens with two attached hydrogens (primary N) is 1. The molecule has 0 saturated heterocycles. The number of carbonyl (C=O) groups is 1. The van der Waals surface area contributed by atoms with E-state index in [1.807, 2.05) is 0 Å². The lowest BCUT2D eigenvalue weighted by Gasteiger charge is -1.99. The summed E-state index contributed by atoms with van der Waals surface area (Å²) in [4.78, 5) is 10.3. The molecule has 3 N–H and O–H groups in total. The Kier molecular flexibility index (Phi) is 4.39. The van der Waals surface area contributed by atoms with Crippen LogP contribution in [0, 0.1) is 0 Å². The summed E-state index contributed by atoms with van der Waals surface area (Å²) in [7, 11) is -7.04. The van der Waals surface area contributed by atoms with Gasteiger partial charge in [0.1, 0.15) is 0 Å². The number of nitrogens with zero attached hydrogens (tertiary/aromatic N) is 3. The van der Waals surface area contributed by atoms with Crippen LogP contribution in [0.4, 0.5) is 0 Å². The van der Waals surface area contributed by atoms with Crippen molar-refractivity contribution in [1.29, 1.82) is 0 Å². The van der Waals surface area contributed by atoms with E-state index in [0.29, 0.717) is 11.3 Å². The fourth-order valence-corrected chi connectivity index (χ4v) is 4.28. The van der Waals surface area contributed by atoms with Gasteiger partial charge in [-0.05, 0) is 18.2 Å². The molecule has 13 heteroatoms. The Morgan fingerprint density at radius 3 is 2.52 bits per heavy atom. The molecule has 0 fully saturated rings. The topological polar surface area (TPSA) is 162 Å². The molecule has 10 nitrogen and oxygen atoms in total. The van der Waals surface area contributed by atoms with Crippen LogP contribution in [0.3, 0.4) is 0 Å². The van der Waals surface area contributed by atoms with Gasteiger partial charge in [0.15, 0.2) is 0 Å². The van der Waals surface area contributed by atoms with Crippen LogP contribution >= 0.6 is 11.3 Å². The van der Waals surface area contributed by atoms with Gasteiger partial charge < -0.3 is 5.11 Å². The summed E-state index contributed by atoms with van der Waals surface area (Å²) in [5.41, 5.74) is -0.222. The van der Waals surface area contributed by atoms with Crippen molar-refractivity contribution in [2.24, 2.45) is 16.6 Å². The number of benzene rings is 1. The van der Waals surface area contributed by atoms with Crippen molar-refractivity contribution in [1.82, 2.24) is 9.78 Å². The Labute approximate surface area is 134 Å². The van der Waals surface area contributed by atoms with Gasteiger partial charge in [0.2, 0.25) is 9.14 Å². The van der Waals surface area contributed by atoms with Gasteiger partial charge >= 0.3 is 5.97 Å². The van der Waals surface area contributed by atoms with Gasteiger partial charge in [0.05, 0.1) is 10.5 Å². The lowest BCUT2D eigenvalue weighted by molar-refractivity contribution is 0.0696. The minimum atomic E-state index is -4.25. The molecule has 23 heavy (non-hydrogen) atoms. The maximum atomic E-state index is 12.2. The van der Waals surface area contributed by atoms with E-state index in [1.54, 1.807) is 0 Å². The number of carboxylic acid groups (broad SMARTS) is 1. The highest BCUT2D eigenvalue weighted by Crippen LogP contribution is 2.14. The minimum absolute atomic E-state index is 0.222. The monoisotopic (exact) mass is 378 g/mol. The zero-order valence-corrected chi connectivity index (χ0v) is 13.9. The first-order valence-corrected chi connectivity index (χ1v) is 9.52. The number of aromatic nitrogens is 2. The van der Waals surface area contributed by atoms with E-state index in [2.05, 4.69) is 9.50 Å². The molecule has 0 bridgehead atoms. The van der Waals surface area contributed by atoms with Crippen LogP contribution in [-0.4, -0.2) is 37.7 Å². The molecule has 0 unspecified atom stereocenters. The summed E-state index contributed by atoms with van der Waals surface area (Å²) in [5, 5.41) is 17.4. The lowest BCUT2D eigenvalue weighted by atomic mass is 10.2. The Morgan fingerprint density at radius 1 is 1.35 bits per heavy atom. The van der Waals surface area contributed by atoms with E-state index in [-0.39, 0.29) is 15.3 Å². The predicted molar refractivity (Wildman–Crippen MR) is 78.6 cm³/mol. The molecule has 1 aromatic heterocycles. The highest BCUT2D eigenvalue weighted by atomic mass is 32.2. The second-order valence-electron chi connectivity index (χ2n) is 4.22. The van der Waals surface area contributed by atoms with Gasteiger partial charge in [-0.1, -0.05) is 17.4 Å². The average Bonchev–Trinajstić information content (AvgIpc) is 2.80. The van der Waals surface area contributed by atoms with Crippen molar-refractivity contribution in [3.05, 3.63) is 34.6 Å². The number of aromatic carboxylic acids is 1. The normalized spacial score (nSPS) is 13.2. The number of hydrogen-bond donors (Lipinski definition) is 2. The number of hydrogen-bond acceptors (Lipinski definition) is 7. The summed E-state index contributed by atoms with van der Waals surface area (Å²) in [6.45, 7) is 0. The van der Waals surface area contributed by atoms with Gasteiger partial charge in [0.25, 0.3) is 20.0 Å². The standard InChI is InChI=1S/C10H10N4O6S3/c1-14-9(21-10(12-14)22(11,17)18)13-23(19,20)7-4-2-3-6(5-7)8(15)16/h2-5H,1H3,(H,15,16)(H2,11,17,18). The third kappa shape index (κ3) is 3.82. The smallest absolute Gasteiger partial charge is 0.335 e. The molecule has 2 rings (SSSR count). The van der Waals surface area contributed by atoms with Crippen LogP contribution in [0.25, 0.3) is 0 Å². The van der Waals surface area contributed by atoms with E-state index in [4.69, 9.17) is 10.2 Å². The van der Waals surface area contributed by atoms with Crippen molar-refractivity contribution in [2.45, 2.75) is 9.24 Å². The number of aryl methyl sites for hydroxylation is 1. The first-order valence-electron chi connectivity index (χ1n) is 5.72. The molecule has 0 saturated carbocycles. The van der Waals surface area contributed by atoms with Crippen molar-refractivity contribution >= 4 is 37.4 Å². The third-order valence-electron chi connectivity index (χ3n) is 2.51. The highest BCUT2D eigenvalue weighted by molar-refractivity contribution is 7.91. The van der Waals surface area contributed by atoms with Crippen molar-refractivity contribution in [3.63, 3.8) is 0 Å². The zero-order valence-electron chi connectivity index (χ0n) is 11.4. The molecule has 124 valence electrons. The molecule has 2 aromatic rings. The summed E-state index contributed by atoms with van der Waals surface area (Å²) in [5.74, 6) is -1.29. The lowest BCUT2D eigenvalue weighted by Crippen LogP contribution is -2.15.